The highest BCUT2D eigenvalue weighted by Gasteiger charge is 2.22. The Morgan fingerprint density at radius 3 is 2.76 bits per heavy atom. The van der Waals surface area contributed by atoms with Crippen LogP contribution in [0.4, 0.5) is 0 Å². The summed E-state index contributed by atoms with van der Waals surface area (Å²) in [6.07, 6.45) is 5.15. The van der Waals surface area contributed by atoms with Crippen molar-refractivity contribution in [2.75, 3.05) is 0 Å². The largest absolute Gasteiger partial charge is 0.508 e. The summed E-state index contributed by atoms with van der Waals surface area (Å²) in [5.74, 6) is -1.44. The fourth-order valence-electron chi connectivity index (χ4n) is 2.33. The van der Waals surface area contributed by atoms with Crippen LogP contribution in [0, 0.1) is 0 Å². The first-order chi connectivity index (χ1) is 9.97. The topological polar surface area (TPSA) is 83.8 Å². The van der Waals surface area contributed by atoms with Crippen LogP contribution in [0.25, 0.3) is 0 Å². The summed E-state index contributed by atoms with van der Waals surface area (Å²) in [6.45, 7) is 1.79. The highest BCUT2D eigenvalue weighted by Crippen LogP contribution is 2.29. The quantitative estimate of drug-likeness (QED) is 0.717. The Bertz CT molecular complexity index is 589. The molecule has 2 N–H and O–H groups in total. The molecular formula is C16H18O5. The molecule has 112 valence electrons. The van der Waals surface area contributed by atoms with E-state index < -0.39 is 5.97 Å². The smallest absolute Gasteiger partial charge is 0.342 e. The fraction of sp³-hybridized carbons (Fsp3) is 0.375. The lowest BCUT2D eigenvalue weighted by atomic mass is 9.99. The van der Waals surface area contributed by atoms with E-state index in [1.807, 2.05) is 0 Å². The molecule has 0 spiro atoms. The molecule has 1 aliphatic heterocycles. The predicted molar refractivity (Wildman–Crippen MR) is 76.4 cm³/mol. The van der Waals surface area contributed by atoms with Crippen molar-refractivity contribution in [1.29, 1.82) is 0 Å². The molecule has 2 rings (SSSR count). The second-order valence-corrected chi connectivity index (χ2v) is 5.19. The van der Waals surface area contributed by atoms with Gasteiger partial charge in [-0.3, -0.25) is 4.79 Å². The van der Waals surface area contributed by atoms with Gasteiger partial charge in [0.2, 0.25) is 0 Å². The van der Waals surface area contributed by atoms with Crippen molar-refractivity contribution in [3.05, 3.63) is 35.4 Å². The van der Waals surface area contributed by atoms with Gasteiger partial charge in [-0.25, -0.2) is 4.79 Å². The average molecular weight is 290 g/mol. The Morgan fingerprint density at radius 1 is 1.24 bits per heavy atom. The Morgan fingerprint density at radius 2 is 2.00 bits per heavy atom. The second-order valence-electron chi connectivity index (χ2n) is 5.19. The molecule has 21 heavy (non-hydrogen) atoms. The maximum Gasteiger partial charge on any atom is 0.342 e. The number of hydrogen-bond acceptors (Lipinski definition) is 5. The van der Waals surface area contributed by atoms with Crippen LogP contribution in [0.15, 0.2) is 24.3 Å². The molecular weight excluding hydrogens is 272 g/mol. The van der Waals surface area contributed by atoms with Crippen molar-refractivity contribution in [2.24, 2.45) is 0 Å². The van der Waals surface area contributed by atoms with E-state index in [2.05, 4.69) is 0 Å². The first-order valence-electron chi connectivity index (χ1n) is 6.92. The van der Waals surface area contributed by atoms with Gasteiger partial charge >= 0.3 is 5.97 Å². The maximum absolute atomic E-state index is 12.2. The molecule has 0 bridgehead atoms. The molecule has 0 unspecified atom stereocenters. The van der Waals surface area contributed by atoms with E-state index in [9.17, 15) is 19.8 Å². The predicted octanol–water partition coefficient (Wildman–Crippen LogP) is 2.49. The third-order valence-corrected chi connectivity index (χ3v) is 3.35. The van der Waals surface area contributed by atoms with Crippen molar-refractivity contribution in [3.63, 3.8) is 0 Å². The van der Waals surface area contributed by atoms with Gasteiger partial charge in [0.1, 0.15) is 17.1 Å². The molecule has 1 aromatic carbocycles. The van der Waals surface area contributed by atoms with Crippen LogP contribution in [0.1, 0.15) is 42.1 Å². The maximum atomic E-state index is 12.2. The SMILES string of the molecule is C[C@@H]1CCCC=CC(=O)Cc2cc(O)cc(O)c2C(=O)O1. The Kier molecular flexibility index (Phi) is 4.62. The second kappa shape index (κ2) is 6.43. The minimum absolute atomic E-state index is 0.0537. The summed E-state index contributed by atoms with van der Waals surface area (Å²) in [5.41, 5.74) is 0.210. The fourth-order valence-corrected chi connectivity index (χ4v) is 2.33. The summed E-state index contributed by atoms with van der Waals surface area (Å²) >= 11 is 0. The van der Waals surface area contributed by atoms with E-state index >= 15 is 0 Å². The van der Waals surface area contributed by atoms with Gasteiger partial charge in [0, 0.05) is 12.5 Å². The lowest BCUT2D eigenvalue weighted by Crippen LogP contribution is -2.18. The third kappa shape index (κ3) is 3.84. The van der Waals surface area contributed by atoms with Crippen molar-refractivity contribution in [2.45, 2.75) is 38.7 Å². The van der Waals surface area contributed by atoms with Crippen molar-refractivity contribution < 1.29 is 24.5 Å². The molecule has 0 saturated heterocycles. The average Bonchev–Trinajstić information content (AvgIpc) is 2.35. The first kappa shape index (κ1) is 15.1. The number of benzene rings is 1. The first-order valence-corrected chi connectivity index (χ1v) is 6.92. The molecule has 5 heteroatoms. The molecule has 0 aromatic heterocycles. The Balaban J connectivity index is 2.44. The number of hydrogen-bond donors (Lipinski definition) is 2. The molecule has 0 saturated carbocycles. The summed E-state index contributed by atoms with van der Waals surface area (Å²) in [4.78, 5) is 24.0. The number of esters is 1. The molecule has 1 aromatic rings. The number of ketones is 1. The number of carbonyl (C=O) groups excluding carboxylic acids is 2. The number of cyclic esters (lactones) is 1. The molecule has 5 nitrogen and oxygen atoms in total. The van der Waals surface area contributed by atoms with E-state index in [1.54, 1.807) is 13.0 Å². The number of carbonyl (C=O) groups is 2. The minimum Gasteiger partial charge on any atom is -0.508 e. The summed E-state index contributed by atoms with van der Waals surface area (Å²) in [6, 6.07) is 2.37. The van der Waals surface area contributed by atoms with Gasteiger partial charge < -0.3 is 14.9 Å². The molecule has 1 atom stereocenters. The van der Waals surface area contributed by atoms with E-state index in [0.717, 1.165) is 18.9 Å². The highest BCUT2D eigenvalue weighted by atomic mass is 16.5. The van der Waals surface area contributed by atoms with E-state index in [4.69, 9.17) is 4.74 Å². The number of phenols is 2. The van der Waals surface area contributed by atoms with Crippen LogP contribution in [0.2, 0.25) is 0 Å². The van der Waals surface area contributed by atoms with Crippen LogP contribution in [0.3, 0.4) is 0 Å². The molecule has 1 aliphatic rings. The van der Waals surface area contributed by atoms with Crippen molar-refractivity contribution in [1.82, 2.24) is 0 Å². The number of allylic oxidation sites excluding steroid dienone is 2. The van der Waals surface area contributed by atoms with Gasteiger partial charge in [0.25, 0.3) is 0 Å². The number of fused-ring (bicyclic) bond motifs is 1. The van der Waals surface area contributed by atoms with E-state index in [1.165, 1.54) is 12.1 Å². The zero-order chi connectivity index (χ0) is 15.4. The lowest BCUT2D eigenvalue weighted by molar-refractivity contribution is -0.114. The number of phenolic OH excluding ortho intramolecular Hbond substituents is 2. The number of rotatable bonds is 0. The zero-order valence-corrected chi connectivity index (χ0v) is 11.8. The molecule has 0 fully saturated rings. The van der Waals surface area contributed by atoms with Crippen LogP contribution >= 0.6 is 0 Å². The third-order valence-electron chi connectivity index (χ3n) is 3.35. The van der Waals surface area contributed by atoms with E-state index in [-0.39, 0.29) is 40.9 Å². The zero-order valence-electron chi connectivity index (χ0n) is 11.8. The summed E-state index contributed by atoms with van der Waals surface area (Å²) in [7, 11) is 0. The van der Waals surface area contributed by atoms with Crippen molar-refractivity contribution >= 4 is 11.8 Å². The van der Waals surface area contributed by atoms with Crippen LogP contribution < -0.4 is 0 Å². The molecule has 1 heterocycles. The van der Waals surface area contributed by atoms with Gasteiger partial charge in [0.05, 0.1) is 6.10 Å². The summed E-state index contributed by atoms with van der Waals surface area (Å²) in [5, 5.41) is 19.4. The van der Waals surface area contributed by atoms with Crippen LogP contribution in [-0.4, -0.2) is 28.1 Å². The lowest BCUT2D eigenvalue weighted by Gasteiger charge is -2.16. The normalized spacial score (nSPS) is 20.1. The highest BCUT2D eigenvalue weighted by molar-refractivity contribution is 5.98. The molecule has 0 aliphatic carbocycles. The van der Waals surface area contributed by atoms with Gasteiger partial charge in [-0.05, 0) is 43.9 Å². The van der Waals surface area contributed by atoms with Crippen molar-refractivity contribution in [3.8, 4) is 11.5 Å². The van der Waals surface area contributed by atoms with Crippen LogP contribution in [-0.2, 0) is 16.0 Å². The van der Waals surface area contributed by atoms with Crippen LogP contribution in [0.5, 0.6) is 11.5 Å². The Labute approximate surface area is 122 Å². The summed E-state index contributed by atoms with van der Waals surface area (Å²) < 4.78 is 5.29. The minimum atomic E-state index is -0.674. The van der Waals surface area contributed by atoms with Gasteiger partial charge in [-0.2, -0.15) is 0 Å². The molecule has 0 radical (unpaired) electrons. The number of aromatic hydroxyl groups is 2. The van der Waals surface area contributed by atoms with Gasteiger partial charge in [-0.15, -0.1) is 0 Å². The standard InChI is InChI=1S/C16H18O5/c1-10-5-3-2-4-6-12(17)7-11-8-13(18)9-14(19)15(11)16(20)21-10/h4,6,8-10,18-19H,2-3,5,7H2,1H3/t10-/m1/s1. The van der Waals surface area contributed by atoms with E-state index in [0.29, 0.717) is 6.42 Å². The monoisotopic (exact) mass is 290 g/mol. The van der Waals surface area contributed by atoms with Gasteiger partial charge in [0.15, 0.2) is 5.78 Å². The Hall–Kier alpha value is -2.30. The van der Waals surface area contributed by atoms with Gasteiger partial charge in [-0.1, -0.05) is 6.08 Å². The number of ether oxygens (including phenoxy) is 1. The molecule has 0 amide bonds.